The summed E-state index contributed by atoms with van der Waals surface area (Å²) in [7, 11) is 1.54. The SMILES string of the molecule is CCOc1cc(C(F)(F)F)c(-c2cnc3c(N(C)c4ccc(C(F)(F)F)cn4)ccnc3n2)nn1. The number of aromatic nitrogens is 6. The number of nitrogens with zero attached hydrogens (tertiary/aromatic N) is 7. The van der Waals surface area contributed by atoms with Gasteiger partial charge in [0.1, 0.15) is 22.7 Å². The third-order valence-corrected chi connectivity index (χ3v) is 4.82. The molecular formula is C21H15F6N7O. The molecule has 182 valence electrons. The van der Waals surface area contributed by atoms with E-state index in [0.717, 1.165) is 18.3 Å². The van der Waals surface area contributed by atoms with E-state index in [1.165, 1.54) is 23.2 Å². The average Bonchev–Trinajstić information content (AvgIpc) is 2.82. The maximum Gasteiger partial charge on any atom is 0.418 e. The van der Waals surface area contributed by atoms with Gasteiger partial charge < -0.3 is 9.64 Å². The number of rotatable bonds is 5. The summed E-state index contributed by atoms with van der Waals surface area (Å²) < 4.78 is 84.5. The van der Waals surface area contributed by atoms with Crippen LogP contribution in [0.1, 0.15) is 18.1 Å². The Labute approximate surface area is 193 Å². The third-order valence-electron chi connectivity index (χ3n) is 4.82. The van der Waals surface area contributed by atoms with Gasteiger partial charge in [0.05, 0.1) is 29.6 Å². The highest BCUT2D eigenvalue weighted by Gasteiger charge is 2.36. The lowest BCUT2D eigenvalue weighted by molar-refractivity contribution is -0.138. The van der Waals surface area contributed by atoms with Crippen LogP contribution in [0.2, 0.25) is 0 Å². The summed E-state index contributed by atoms with van der Waals surface area (Å²) in [5.74, 6) is -0.114. The molecule has 0 N–H and O–H groups in total. The molecule has 0 spiro atoms. The number of hydrogen-bond donors (Lipinski definition) is 0. The Balaban J connectivity index is 1.75. The van der Waals surface area contributed by atoms with E-state index in [1.807, 2.05) is 0 Å². The molecule has 0 radical (unpaired) electrons. The quantitative estimate of drug-likeness (QED) is 0.354. The smallest absolute Gasteiger partial charge is 0.418 e. The standard InChI is InChI=1S/C21H15F6N7O/c1-3-35-16-8-12(21(25,26)27)17(33-32-16)13-10-30-18-14(6-7-28-19(18)31-13)34(2)15-5-4-11(9-29-15)20(22,23)24/h4-10H,3H2,1-2H3. The number of anilines is 2. The monoisotopic (exact) mass is 495 g/mol. The summed E-state index contributed by atoms with van der Waals surface area (Å²) in [6.45, 7) is 1.70. The van der Waals surface area contributed by atoms with Crippen LogP contribution >= 0.6 is 0 Å². The summed E-state index contributed by atoms with van der Waals surface area (Å²) >= 11 is 0. The summed E-state index contributed by atoms with van der Waals surface area (Å²) in [6, 6.07) is 4.32. The van der Waals surface area contributed by atoms with E-state index in [-0.39, 0.29) is 35.2 Å². The van der Waals surface area contributed by atoms with Crippen molar-refractivity contribution in [2.75, 3.05) is 18.6 Å². The van der Waals surface area contributed by atoms with Crippen LogP contribution in [-0.2, 0) is 12.4 Å². The predicted molar refractivity (Wildman–Crippen MR) is 112 cm³/mol. The van der Waals surface area contributed by atoms with Gasteiger partial charge in [0.15, 0.2) is 5.65 Å². The second-order valence-electron chi connectivity index (χ2n) is 7.10. The lowest BCUT2D eigenvalue weighted by Gasteiger charge is -2.20. The van der Waals surface area contributed by atoms with Crippen molar-refractivity contribution in [3.63, 3.8) is 0 Å². The summed E-state index contributed by atoms with van der Waals surface area (Å²) in [6.07, 6.45) is -6.18. The van der Waals surface area contributed by atoms with E-state index >= 15 is 0 Å². The highest BCUT2D eigenvalue weighted by molar-refractivity contribution is 5.88. The van der Waals surface area contributed by atoms with E-state index in [9.17, 15) is 26.3 Å². The van der Waals surface area contributed by atoms with Crippen molar-refractivity contribution in [3.8, 4) is 17.3 Å². The molecular weight excluding hydrogens is 480 g/mol. The molecule has 8 nitrogen and oxygen atoms in total. The molecule has 0 unspecified atom stereocenters. The van der Waals surface area contributed by atoms with Crippen molar-refractivity contribution in [2.24, 2.45) is 0 Å². The molecule has 4 heterocycles. The van der Waals surface area contributed by atoms with E-state index in [2.05, 4.69) is 30.1 Å². The number of halogens is 6. The first kappa shape index (κ1) is 24.0. The zero-order valence-electron chi connectivity index (χ0n) is 18.1. The van der Waals surface area contributed by atoms with Crippen molar-refractivity contribution < 1.29 is 31.1 Å². The Hall–Kier alpha value is -4.10. The topological polar surface area (TPSA) is 89.8 Å². The van der Waals surface area contributed by atoms with E-state index in [4.69, 9.17) is 4.74 Å². The van der Waals surface area contributed by atoms with Gasteiger partial charge in [-0.05, 0) is 25.1 Å². The number of fused-ring (bicyclic) bond motifs is 1. The van der Waals surface area contributed by atoms with Crippen LogP contribution in [0.4, 0.5) is 37.8 Å². The molecule has 0 fully saturated rings. The molecule has 0 bridgehead atoms. The Morgan fingerprint density at radius 1 is 0.914 bits per heavy atom. The van der Waals surface area contributed by atoms with Crippen LogP contribution < -0.4 is 9.64 Å². The van der Waals surface area contributed by atoms with Crippen molar-refractivity contribution in [1.82, 2.24) is 30.1 Å². The van der Waals surface area contributed by atoms with Gasteiger partial charge in [0.25, 0.3) is 0 Å². The van der Waals surface area contributed by atoms with E-state index < -0.39 is 29.2 Å². The Morgan fingerprint density at radius 2 is 1.69 bits per heavy atom. The van der Waals surface area contributed by atoms with E-state index in [1.54, 1.807) is 14.0 Å². The predicted octanol–water partition coefficient (Wildman–Crippen LogP) is 5.08. The average molecular weight is 495 g/mol. The van der Waals surface area contributed by atoms with Crippen molar-refractivity contribution in [3.05, 3.63) is 54.0 Å². The summed E-state index contributed by atoms with van der Waals surface area (Å²) in [4.78, 5) is 17.7. The van der Waals surface area contributed by atoms with Crippen molar-refractivity contribution in [2.45, 2.75) is 19.3 Å². The molecule has 35 heavy (non-hydrogen) atoms. The van der Waals surface area contributed by atoms with Crippen LogP contribution in [0.15, 0.2) is 42.9 Å². The van der Waals surface area contributed by atoms with Crippen LogP contribution in [0.25, 0.3) is 22.6 Å². The Kier molecular flexibility index (Phi) is 6.13. The van der Waals surface area contributed by atoms with Crippen molar-refractivity contribution in [1.29, 1.82) is 0 Å². The Bertz CT molecular complexity index is 1360. The minimum absolute atomic E-state index is 0.0115. The van der Waals surface area contributed by atoms with Gasteiger partial charge in [-0.25, -0.2) is 19.9 Å². The molecule has 0 aliphatic carbocycles. The molecule has 0 amide bonds. The second-order valence-corrected chi connectivity index (χ2v) is 7.10. The van der Waals surface area contributed by atoms with Crippen LogP contribution in [0, 0.1) is 0 Å². The van der Waals surface area contributed by atoms with Gasteiger partial charge in [-0.3, -0.25) is 0 Å². The first-order chi connectivity index (χ1) is 16.5. The molecule has 4 rings (SSSR count). The molecule has 4 aromatic heterocycles. The molecule has 0 aliphatic heterocycles. The molecule has 0 aliphatic rings. The largest absolute Gasteiger partial charge is 0.477 e. The van der Waals surface area contributed by atoms with Gasteiger partial charge >= 0.3 is 12.4 Å². The Morgan fingerprint density at radius 3 is 2.31 bits per heavy atom. The lowest BCUT2D eigenvalue weighted by Crippen LogP contribution is -2.14. The second kappa shape index (κ2) is 8.92. The van der Waals surface area contributed by atoms with Gasteiger partial charge in [-0.1, -0.05) is 0 Å². The first-order valence-corrected chi connectivity index (χ1v) is 9.96. The number of pyridine rings is 2. The molecule has 0 saturated carbocycles. The van der Waals surface area contributed by atoms with Crippen molar-refractivity contribution >= 4 is 22.7 Å². The molecule has 4 aromatic rings. The van der Waals surface area contributed by atoms with Crippen LogP contribution in [0.3, 0.4) is 0 Å². The fraction of sp³-hybridized carbons (Fsp3) is 0.238. The first-order valence-electron chi connectivity index (χ1n) is 9.96. The normalized spacial score (nSPS) is 12.1. The maximum absolute atomic E-state index is 13.7. The van der Waals surface area contributed by atoms with Gasteiger partial charge in [0, 0.05) is 25.5 Å². The third kappa shape index (κ3) is 4.90. The van der Waals surface area contributed by atoms with Gasteiger partial charge in [0.2, 0.25) is 5.88 Å². The highest BCUT2D eigenvalue weighted by atomic mass is 19.4. The zero-order valence-corrected chi connectivity index (χ0v) is 18.1. The van der Waals surface area contributed by atoms with Crippen LogP contribution in [0.5, 0.6) is 5.88 Å². The minimum atomic E-state index is -4.77. The number of alkyl halides is 6. The number of hydrogen-bond acceptors (Lipinski definition) is 8. The lowest BCUT2D eigenvalue weighted by atomic mass is 10.1. The minimum Gasteiger partial charge on any atom is -0.477 e. The fourth-order valence-corrected chi connectivity index (χ4v) is 3.17. The molecule has 0 atom stereocenters. The van der Waals surface area contributed by atoms with Gasteiger partial charge in [-0.15, -0.1) is 10.2 Å². The summed E-state index contributed by atoms with van der Waals surface area (Å²) in [5, 5.41) is 7.29. The van der Waals surface area contributed by atoms with Crippen LogP contribution in [-0.4, -0.2) is 43.8 Å². The molecule has 14 heteroatoms. The number of ether oxygens (including phenoxy) is 1. The van der Waals surface area contributed by atoms with E-state index in [0.29, 0.717) is 11.9 Å². The molecule has 0 aromatic carbocycles. The molecule has 0 saturated heterocycles. The highest BCUT2D eigenvalue weighted by Crippen LogP contribution is 2.37. The fourth-order valence-electron chi connectivity index (χ4n) is 3.17. The maximum atomic E-state index is 13.7. The summed E-state index contributed by atoms with van der Waals surface area (Å²) in [5.41, 5.74) is -2.24. The zero-order chi connectivity index (χ0) is 25.4. The van der Waals surface area contributed by atoms with Gasteiger partial charge in [-0.2, -0.15) is 26.3 Å².